The van der Waals surface area contributed by atoms with Crippen molar-refractivity contribution in [3.63, 3.8) is 0 Å². The number of benzene rings is 1. The molecule has 98 valence electrons. The van der Waals surface area contributed by atoms with Crippen molar-refractivity contribution in [2.24, 2.45) is 5.73 Å². The van der Waals surface area contributed by atoms with Crippen molar-refractivity contribution >= 4 is 10.9 Å². The van der Waals surface area contributed by atoms with E-state index in [1.165, 1.54) is 10.9 Å². The van der Waals surface area contributed by atoms with Crippen LogP contribution < -0.4 is 5.73 Å². The van der Waals surface area contributed by atoms with E-state index in [2.05, 4.69) is 35.9 Å². The highest BCUT2D eigenvalue weighted by molar-refractivity contribution is 5.84. The van der Waals surface area contributed by atoms with Crippen LogP contribution in [0.25, 0.3) is 10.9 Å². The second kappa shape index (κ2) is 6.83. The summed E-state index contributed by atoms with van der Waals surface area (Å²) >= 11 is 0. The lowest BCUT2D eigenvalue weighted by molar-refractivity contribution is 0.778. The number of nitriles is 1. The summed E-state index contributed by atoms with van der Waals surface area (Å²) in [6.07, 6.45) is 2.71. The number of aryl methyl sites for hydroxylation is 1. The highest BCUT2D eigenvalue weighted by Crippen LogP contribution is 2.22. The molecule has 1 aromatic heterocycles. The van der Waals surface area contributed by atoms with Crippen LogP contribution in [-0.4, -0.2) is 10.6 Å². The summed E-state index contributed by atoms with van der Waals surface area (Å²) in [6.45, 7) is 7.04. The van der Waals surface area contributed by atoms with E-state index < -0.39 is 6.04 Å². The molecule has 0 aliphatic rings. The summed E-state index contributed by atoms with van der Waals surface area (Å²) < 4.78 is 2.19. The Morgan fingerprint density at radius 3 is 2.67 bits per heavy atom. The molecule has 0 fully saturated rings. The minimum Gasteiger partial charge on any atom is -0.347 e. The molecule has 2 N–H and O–H groups in total. The first kappa shape index (κ1) is 14.3. The Labute approximate surface area is 110 Å². The van der Waals surface area contributed by atoms with Gasteiger partial charge in [0.1, 0.15) is 0 Å². The summed E-state index contributed by atoms with van der Waals surface area (Å²) in [5.41, 5.74) is 8.05. The minimum atomic E-state index is -0.420. The summed E-state index contributed by atoms with van der Waals surface area (Å²) in [7, 11) is 0. The fraction of sp³-hybridized carbons (Fsp3) is 0.400. The monoisotopic (exact) mass is 245 g/mol. The molecule has 3 heteroatoms. The third-order valence-electron chi connectivity index (χ3n) is 2.82. The van der Waals surface area contributed by atoms with E-state index >= 15 is 0 Å². The molecule has 0 saturated heterocycles. The van der Waals surface area contributed by atoms with Gasteiger partial charge in [0.05, 0.1) is 12.1 Å². The van der Waals surface area contributed by atoms with E-state index in [1.54, 1.807) is 0 Å². The molecule has 0 saturated carbocycles. The average molecular weight is 245 g/mol. The molecule has 2 aromatic rings. The lowest BCUT2D eigenvalue weighted by atomic mass is 10.1. The van der Waals surface area contributed by atoms with Crippen molar-refractivity contribution in [1.82, 2.24) is 4.57 Å². The van der Waals surface area contributed by atoms with Crippen molar-refractivity contribution in [2.75, 3.05) is 0 Å². The molecule has 0 aliphatic heterocycles. The van der Waals surface area contributed by atoms with Crippen LogP contribution in [0, 0.1) is 11.3 Å². The molecule has 3 nitrogen and oxygen atoms in total. The van der Waals surface area contributed by atoms with Crippen LogP contribution in [-0.2, 0) is 13.0 Å². The minimum absolute atomic E-state index is 0. The molecule has 0 bridgehead atoms. The van der Waals surface area contributed by atoms with Crippen LogP contribution >= 0.6 is 0 Å². The summed E-state index contributed by atoms with van der Waals surface area (Å²) in [5.74, 6) is 0. The Morgan fingerprint density at radius 1 is 1.39 bits per heavy atom. The van der Waals surface area contributed by atoms with Crippen molar-refractivity contribution in [1.29, 1.82) is 5.26 Å². The van der Waals surface area contributed by atoms with E-state index in [-0.39, 0.29) is 1.43 Å². The largest absolute Gasteiger partial charge is 0.347 e. The Morgan fingerprint density at radius 2 is 2.06 bits per heavy atom. The van der Waals surface area contributed by atoms with E-state index in [9.17, 15) is 0 Å². The lowest BCUT2D eigenvalue weighted by Crippen LogP contribution is -2.19. The van der Waals surface area contributed by atoms with Gasteiger partial charge >= 0.3 is 0 Å². The fourth-order valence-electron chi connectivity index (χ4n) is 2.03. The molecule has 1 aromatic carbocycles. The number of rotatable bonds is 3. The quantitative estimate of drug-likeness (QED) is 0.901. The topological polar surface area (TPSA) is 54.7 Å². The molecule has 1 heterocycles. The predicted molar refractivity (Wildman–Crippen MR) is 78.4 cm³/mol. The SMILES string of the molecule is CC.CCn1cc(CC(N)C#N)c2ccccc21.[HH]. The van der Waals surface area contributed by atoms with Gasteiger partial charge in [0.25, 0.3) is 0 Å². The van der Waals surface area contributed by atoms with Gasteiger partial charge in [-0.05, 0) is 18.6 Å². The Kier molecular flexibility index (Phi) is 5.41. The zero-order valence-electron chi connectivity index (χ0n) is 11.4. The maximum Gasteiger partial charge on any atom is 0.0969 e. The highest BCUT2D eigenvalue weighted by Gasteiger charge is 2.10. The van der Waals surface area contributed by atoms with Gasteiger partial charge in [0.2, 0.25) is 0 Å². The van der Waals surface area contributed by atoms with Gasteiger partial charge in [-0.2, -0.15) is 5.26 Å². The average Bonchev–Trinajstić information content (AvgIpc) is 2.79. The van der Waals surface area contributed by atoms with Gasteiger partial charge < -0.3 is 10.3 Å². The van der Waals surface area contributed by atoms with Crippen LogP contribution in [0.4, 0.5) is 0 Å². The Balaban J connectivity index is 0.00000103. The Hall–Kier alpha value is -1.79. The van der Waals surface area contributed by atoms with Gasteiger partial charge in [0.15, 0.2) is 0 Å². The third-order valence-corrected chi connectivity index (χ3v) is 2.82. The first-order valence-corrected chi connectivity index (χ1v) is 6.48. The zero-order valence-corrected chi connectivity index (χ0v) is 11.4. The van der Waals surface area contributed by atoms with E-state index in [1.807, 2.05) is 26.0 Å². The number of nitrogens with zero attached hydrogens (tertiary/aromatic N) is 2. The van der Waals surface area contributed by atoms with Crippen molar-refractivity contribution in [3.05, 3.63) is 36.0 Å². The number of aromatic nitrogens is 1. The van der Waals surface area contributed by atoms with Crippen LogP contribution in [0.1, 0.15) is 27.8 Å². The van der Waals surface area contributed by atoms with E-state index in [0.717, 1.165) is 12.1 Å². The number of hydrogen-bond acceptors (Lipinski definition) is 2. The first-order valence-electron chi connectivity index (χ1n) is 6.48. The highest BCUT2D eigenvalue weighted by atomic mass is 14.9. The molecule has 1 unspecified atom stereocenters. The molecule has 1 atom stereocenters. The lowest BCUT2D eigenvalue weighted by Gasteiger charge is -2.00. The third kappa shape index (κ3) is 2.91. The van der Waals surface area contributed by atoms with Gasteiger partial charge in [-0.3, -0.25) is 0 Å². The van der Waals surface area contributed by atoms with Crippen LogP contribution in [0.15, 0.2) is 30.5 Å². The van der Waals surface area contributed by atoms with E-state index in [0.29, 0.717) is 6.42 Å². The van der Waals surface area contributed by atoms with Crippen LogP contribution in [0.2, 0.25) is 0 Å². The summed E-state index contributed by atoms with van der Waals surface area (Å²) in [5, 5.41) is 9.95. The fourth-order valence-corrected chi connectivity index (χ4v) is 2.03. The van der Waals surface area contributed by atoms with Crippen molar-refractivity contribution in [3.8, 4) is 6.07 Å². The molecular weight excluding hydrogens is 222 g/mol. The van der Waals surface area contributed by atoms with Crippen molar-refractivity contribution in [2.45, 2.75) is 39.8 Å². The van der Waals surface area contributed by atoms with Gasteiger partial charge in [0, 0.05) is 31.5 Å². The van der Waals surface area contributed by atoms with E-state index in [4.69, 9.17) is 11.0 Å². The van der Waals surface area contributed by atoms with Gasteiger partial charge in [-0.25, -0.2) is 0 Å². The maximum absolute atomic E-state index is 8.75. The van der Waals surface area contributed by atoms with Gasteiger partial charge in [-0.1, -0.05) is 32.0 Å². The molecule has 0 spiro atoms. The molecule has 18 heavy (non-hydrogen) atoms. The number of hydrogen-bond donors (Lipinski definition) is 1. The molecular formula is C15H23N3. The molecule has 0 aliphatic carbocycles. The normalized spacial score (nSPS) is 11.5. The Bertz CT molecular complexity index is 540. The molecule has 2 rings (SSSR count). The molecule has 0 amide bonds. The van der Waals surface area contributed by atoms with Crippen LogP contribution in [0.5, 0.6) is 0 Å². The smallest absolute Gasteiger partial charge is 0.0969 e. The van der Waals surface area contributed by atoms with Crippen LogP contribution in [0.3, 0.4) is 0 Å². The predicted octanol–water partition coefficient (Wildman–Crippen LogP) is 3.33. The zero-order chi connectivity index (χ0) is 13.5. The van der Waals surface area contributed by atoms with Crippen molar-refractivity contribution < 1.29 is 1.43 Å². The second-order valence-electron chi connectivity index (χ2n) is 3.90. The number of nitrogens with two attached hydrogens (primary N) is 1. The van der Waals surface area contributed by atoms with Gasteiger partial charge in [-0.15, -0.1) is 0 Å². The second-order valence-corrected chi connectivity index (χ2v) is 3.90. The number of para-hydroxylation sites is 1. The molecule has 0 radical (unpaired) electrons. The number of fused-ring (bicyclic) bond motifs is 1. The maximum atomic E-state index is 8.75. The summed E-state index contributed by atoms with van der Waals surface area (Å²) in [4.78, 5) is 0. The first-order chi connectivity index (χ1) is 8.76. The summed E-state index contributed by atoms with van der Waals surface area (Å²) in [6, 6.07) is 9.88. The standard InChI is InChI=1S/C13H15N3.C2H6.H2/c1-2-16-9-10(7-11(15)8-14)12-5-3-4-6-13(12)16;1-2;/h3-6,9,11H,2,7,15H2,1H3;1-2H3;1H.